The Kier molecular flexibility index (Phi) is 3.38. The van der Waals surface area contributed by atoms with Crippen LogP contribution < -0.4 is 5.56 Å². The van der Waals surface area contributed by atoms with Gasteiger partial charge in [-0.25, -0.2) is 9.38 Å². The highest BCUT2D eigenvalue weighted by atomic mass is 35.5. The molecule has 0 fully saturated rings. The third-order valence-corrected chi connectivity index (χ3v) is 5.18. The molecule has 2 aromatic heterocycles. The number of hydrogen-bond acceptors (Lipinski definition) is 5. The summed E-state index contributed by atoms with van der Waals surface area (Å²) in [4.78, 5) is 17.3. The van der Waals surface area contributed by atoms with Crippen LogP contribution in [0.5, 0.6) is 0 Å². The number of nitriles is 1. The first-order chi connectivity index (χ1) is 9.56. The van der Waals surface area contributed by atoms with Gasteiger partial charge in [-0.1, -0.05) is 34.5 Å². The summed E-state index contributed by atoms with van der Waals surface area (Å²) >= 11 is 14.6. The first kappa shape index (κ1) is 13.7. The van der Waals surface area contributed by atoms with E-state index in [9.17, 15) is 4.79 Å². The Morgan fingerprint density at radius 3 is 2.75 bits per heavy atom. The highest BCUT2D eigenvalue weighted by Crippen LogP contribution is 2.32. The van der Waals surface area contributed by atoms with E-state index >= 15 is 0 Å². The molecule has 0 N–H and O–H groups in total. The summed E-state index contributed by atoms with van der Waals surface area (Å²) in [5.74, 6) is 0. The van der Waals surface area contributed by atoms with Crippen molar-refractivity contribution in [2.24, 2.45) is 0 Å². The fraction of sp³-hybridized carbons (Fsp3) is 0.0833. The summed E-state index contributed by atoms with van der Waals surface area (Å²) in [7, 11) is 0. The Bertz CT molecular complexity index is 955. The van der Waals surface area contributed by atoms with Gasteiger partial charge in [-0.05, 0) is 18.4 Å². The van der Waals surface area contributed by atoms with Crippen LogP contribution in [0.4, 0.5) is 0 Å². The van der Waals surface area contributed by atoms with E-state index in [0.717, 1.165) is 4.70 Å². The van der Waals surface area contributed by atoms with Crippen LogP contribution in [0.2, 0.25) is 10.0 Å². The Hall–Kier alpha value is -1.26. The van der Waals surface area contributed by atoms with Crippen molar-refractivity contribution in [1.82, 2.24) is 9.38 Å². The Labute approximate surface area is 131 Å². The molecule has 100 valence electrons. The fourth-order valence-corrected chi connectivity index (χ4v) is 3.88. The average Bonchev–Trinajstić information content (AvgIpc) is 2.76. The van der Waals surface area contributed by atoms with E-state index in [4.69, 9.17) is 28.5 Å². The summed E-state index contributed by atoms with van der Waals surface area (Å²) < 4.78 is 2.20. The van der Waals surface area contributed by atoms with Gasteiger partial charge < -0.3 is 0 Å². The van der Waals surface area contributed by atoms with E-state index in [0.29, 0.717) is 25.5 Å². The number of hydrogen-bond donors (Lipinski definition) is 0. The van der Waals surface area contributed by atoms with Crippen molar-refractivity contribution in [2.45, 2.75) is 5.03 Å². The van der Waals surface area contributed by atoms with Crippen molar-refractivity contribution < 1.29 is 0 Å². The van der Waals surface area contributed by atoms with Crippen molar-refractivity contribution in [3.63, 3.8) is 0 Å². The molecule has 0 aliphatic rings. The van der Waals surface area contributed by atoms with E-state index in [-0.39, 0.29) is 11.1 Å². The molecule has 2 heterocycles. The normalized spacial score (nSPS) is 11.1. The zero-order chi connectivity index (χ0) is 14.4. The van der Waals surface area contributed by atoms with Crippen molar-refractivity contribution in [1.29, 1.82) is 5.26 Å². The third-order valence-electron chi connectivity index (χ3n) is 2.77. The van der Waals surface area contributed by atoms with Crippen LogP contribution in [-0.4, -0.2) is 15.6 Å². The standard InChI is InChI=1S/C12H5Cl2N3OS2/c1-19-10-5(4-15)11(18)17-8-2-6(13)7(14)3-9(8)20-12(17)16-10/h2-3H,1H3. The minimum atomic E-state index is -0.383. The monoisotopic (exact) mass is 341 g/mol. The number of thiazole rings is 1. The van der Waals surface area contributed by atoms with Crippen molar-refractivity contribution in [3.05, 3.63) is 38.1 Å². The molecule has 0 saturated carbocycles. The van der Waals surface area contributed by atoms with Crippen LogP contribution in [0, 0.1) is 11.3 Å². The fourth-order valence-electron chi connectivity index (χ4n) is 1.88. The number of halogens is 2. The van der Waals surface area contributed by atoms with Crippen molar-refractivity contribution in [3.8, 4) is 6.07 Å². The average molecular weight is 342 g/mol. The van der Waals surface area contributed by atoms with Gasteiger partial charge in [-0.3, -0.25) is 4.79 Å². The highest BCUT2D eigenvalue weighted by molar-refractivity contribution is 7.98. The first-order valence-corrected chi connectivity index (χ1v) is 8.15. The lowest BCUT2D eigenvalue weighted by Gasteiger charge is -2.01. The lowest BCUT2D eigenvalue weighted by Crippen LogP contribution is -2.18. The van der Waals surface area contributed by atoms with Gasteiger partial charge in [0.15, 0.2) is 4.96 Å². The lowest BCUT2D eigenvalue weighted by molar-refractivity contribution is 1.02. The highest BCUT2D eigenvalue weighted by Gasteiger charge is 2.16. The number of rotatable bonds is 1. The molecule has 3 rings (SSSR count). The van der Waals surface area contributed by atoms with Gasteiger partial charge >= 0.3 is 0 Å². The molecule has 20 heavy (non-hydrogen) atoms. The Balaban J connectivity index is 2.57. The molecule has 0 unspecified atom stereocenters. The molecular weight excluding hydrogens is 337 g/mol. The van der Waals surface area contributed by atoms with Gasteiger partial charge in [0, 0.05) is 0 Å². The number of thioether (sulfide) groups is 1. The second kappa shape index (κ2) is 4.93. The molecule has 8 heteroatoms. The molecule has 3 aromatic rings. The summed E-state index contributed by atoms with van der Waals surface area (Å²) in [6.45, 7) is 0. The maximum atomic E-state index is 12.4. The molecule has 0 spiro atoms. The van der Waals surface area contributed by atoms with Crippen LogP contribution in [-0.2, 0) is 0 Å². The van der Waals surface area contributed by atoms with Crippen LogP contribution >= 0.6 is 46.3 Å². The zero-order valence-corrected chi connectivity index (χ0v) is 13.1. The number of benzene rings is 1. The first-order valence-electron chi connectivity index (χ1n) is 5.35. The molecule has 0 amide bonds. The second-order valence-corrected chi connectivity index (χ2v) is 6.49. The van der Waals surface area contributed by atoms with Gasteiger partial charge in [-0.15, -0.1) is 11.8 Å². The molecule has 0 saturated heterocycles. The molecule has 0 aliphatic heterocycles. The smallest absolute Gasteiger partial charge is 0.267 e. The predicted molar refractivity (Wildman–Crippen MR) is 83.4 cm³/mol. The van der Waals surface area contributed by atoms with Gasteiger partial charge in [0.1, 0.15) is 16.7 Å². The molecular formula is C12H5Cl2N3OS2. The van der Waals surface area contributed by atoms with E-state index in [1.165, 1.54) is 27.5 Å². The lowest BCUT2D eigenvalue weighted by atomic mass is 10.3. The van der Waals surface area contributed by atoms with Crippen molar-refractivity contribution >= 4 is 61.5 Å². The minimum Gasteiger partial charge on any atom is -0.267 e. The largest absolute Gasteiger partial charge is 0.278 e. The second-order valence-electron chi connectivity index (χ2n) is 3.87. The SMILES string of the molecule is CSc1nc2sc3cc(Cl)c(Cl)cc3n2c(=O)c1C#N. The molecule has 4 nitrogen and oxygen atoms in total. The predicted octanol–water partition coefficient (Wildman–Crippen LogP) is 3.81. The number of nitrogens with zero attached hydrogens (tertiary/aromatic N) is 3. The molecule has 0 atom stereocenters. The molecule has 0 radical (unpaired) electrons. The van der Waals surface area contributed by atoms with Gasteiger partial charge in [0.25, 0.3) is 5.56 Å². The summed E-state index contributed by atoms with van der Waals surface area (Å²) in [6, 6.07) is 5.23. The van der Waals surface area contributed by atoms with E-state index in [1.54, 1.807) is 18.4 Å². The van der Waals surface area contributed by atoms with E-state index < -0.39 is 0 Å². The number of fused-ring (bicyclic) bond motifs is 3. The van der Waals surface area contributed by atoms with E-state index in [2.05, 4.69) is 4.98 Å². The molecule has 1 aromatic carbocycles. The van der Waals surface area contributed by atoms with Gasteiger partial charge in [0.2, 0.25) is 0 Å². The third kappa shape index (κ3) is 1.90. The van der Waals surface area contributed by atoms with Gasteiger partial charge in [0.05, 0.1) is 20.3 Å². The molecule has 0 bridgehead atoms. The summed E-state index contributed by atoms with van der Waals surface area (Å²) in [6.07, 6.45) is 1.78. The maximum absolute atomic E-state index is 12.4. The molecule has 0 aliphatic carbocycles. The van der Waals surface area contributed by atoms with Crippen LogP contribution in [0.15, 0.2) is 22.0 Å². The maximum Gasteiger partial charge on any atom is 0.278 e. The van der Waals surface area contributed by atoms with Crippen LogP contribution in [0.3, 0.4) is 0 Å². The van der Waals surface area contributed by atoms with Gasteiger partial charge in [-0.2, -0.15) is 5.26 Å². The number of aromatic nitrogens is 2. The van der Waals surface area contributed by atoms with Crippen LogP contribution in [0.25, 0.3) is 15.2 Å². The zero-order valence-electron chi connectivity index (χ0n) is 9.98. The summed E-state index contributed by atoms with van der Waals surface area (Å²) in [5.41, 5.74) is 0.272. The Morgan fingerprint density at radius 2 is 2.10 bits per heavy atom. The summed E-state index contributed by atoms with van der Waals surface area (Å²) in [5, 5.41) is 10.3. The quantitative estimate of drug-likeness (QED) is 0.498. The van der Waals surface area contributed by atoms with Crippen LogP contribution in [0.1, 0.15) is 5.56 Å². The Morgan fingerprint density at radius 1 is 1.40 bits per heavy atom. The van der Waals surface area contributed by atoms with E-state index in [1.807, 2.05) is 6.07 Å². The van der Waals surface area contributed by atoms with Crippen molar-refractivity contribution in [2.75, 3.05) is 6.26 Å². The minimum absolute atomic E-state index is 0.0424. The topological polar surface area (TPSA) is 58.2 Å².